The van der Waals surface area contributed by atoms with Crippen LogP contribution >= 0.6 is 0 Å². The van der Waals surface area contributed by atoms with Crippen molar-refractivity contribution in [1.82, 2.24) is 0 Å². The molecule has 2 rings (SSSR count). The van der Waals surface area contributed by atoms with Crippen molar-refractivity contribution >= 4 is 17.6 Å². The third kappa shape index (κ3) is 6.04. The number of esters is 1. The van der Waals surface area contributed by atoms with Gasteiger partial charge in [0.05, 0.1) is 5.69 Å². The molecule has 0 aromatic heterocycles. The molecule has 1 aromatic carbocycles. The second kappa shape index (κ2) is 8.95. The summed E-state index contributed by atoms with van der Waals surface area (Å²) < 4.78 is 15.8. The van der Waals surface area contributed by atoms with Gasteiger partial charge in [-0.2, -0.15) is 0 Å². The Bertz CT molecular complexity index is 746. The topological polar surface area (TPSA) is 155 Å². The van der Waals surface area contributed by atoms with Crippen LogP contribution in [0.25, 0.3) is 0 Å². The van der Waals surface area contributed by atoms with E-state index in [2.05, 4.69) is 5.32 Å². The average molecular weight is 413 g/mol. The largest absolute Gasteiger partial charge is 0.479 e. The predicted octanol–water partition coefficient (Wildman–Crippen LogP) is 0.231. The molecule has 0 saturated carbocycles. The molecule has 1 fully saturated rings. The molecule has 1 aliphatic heterocycles. The Hall–Kier alpha value is -2.40. The van der Waals surface area contributed by atoms with Crippen LogP contribution in [0.3, 0.4) is 0 Å². The fourth-order valence-electron chi connectivity index (χ4n) is 2.73. The second-order valence-electron chi connectivity index (χ2n) is 7.84. The molecule has 10 nitrogen and oxygen atoms in total. The van der Waals surface area contributed by atoms with E-state index in [1.807, 2.05) is 20.8 Å². The first-order valence-electron chi connectivity index (χ1n) is 9.02. The molecule has 1 aliphatic rings. The van der Waals surface area contributed by atoms with Gasteiger partial charge in [-0.15, -0.1) is 0 Å². The number of carboxylic acids is 1. The summed E-state index contributed by atoms with van der Waals surface area (Å²) >= 11 is 0. The van der Waals surface area contributed by atoms with Gasteiger partial charge in [0.2, 0.25) is 6.29 Å². The van der Waals surface area contributed by atoms with E-state index in [9.17, 15) is 24.9 Å². The van der Waals surface area contributed by atoms with Gasteiger partial charge in [-0.1, -0.05) is 6.07 Å². The minimum atomic E-state index is -1.80. The van der Waals surface area contributed by atoms with Crippen LogP contribution in [0.1, 0.15) is 33.3 Å². The van der Waals surface area contributed by atoms with Crippen molar-refractivity contribution in [3.63, 3.8) is 0 Å². The van der Waals surface area contributed by atoms with E-state index in [-0.39, 0.29) is 17.9 Å². The molecule has 0 radical (unpaired) electrons. The number of hydrogen-bond donors (Lipinski definition) is 5. The maximum Gasteiger partial charge on any atom is 0.335 e. The molecule has 0 amide bonds. The van der Waals surface area contributed by atoms with Gasteiger partial charge in [-0.25, -0.2) is 4.79 Å². The Labute approximate surface area is 168 Å². The Morgan fingerprint density at radius 2 is 1.79 bits per heavy atom. The van der Waals surface area contributed by atoms with Gasteiger partial charge in [0.1, 0.15) is 30.7 Å². The molecule has 29 heavy (non-hydrogen) atoms. The molecular weight excluding hydrogens is 386 g/mol. The zero-order valence-corrected chi connectivity index (χ0v) is 16.7. The van der Waals surface area contributed by atoms with Crippen LogP contribution in [0.5, 0.6) is 5.75 Å². The first-order valence-corrected chi connectivity index (χ1v) is 9.02. The van der Waals surface area contributed by atoms with Crippen LogP contribution in [0.2, 0.25) is 0 Å². The van der Waals surface area contributed by atoms with Crippen molar-refractivity contribution in [2.24, 2.45) is 0 Å². The Kier molecular flexibility index (Phi) is 7.06. The van der Waals surface area contributed by atoms with Crippen molar-refractivity contribution < 1.29 is 44.2 Å². The Morgan fingerprint density at radius 1 is 1.14 bits per heavy atom. The van der Waals surface area contributed by atoms with Crippen molar-refractivity contribution in [3.05, 3.63) is 23.8 Å². The van der Waals surface area contributed by atoms with Crippen LogP contribution in [0.15, 0.2) is 18.2 Å². The van der Waals surface area contributed by atoms with Crippen molar-refractivity contribution in [2.75, 3.05) is 5.32 Å². The average Bonchev–Trinajstić information content (AvgIpc) is 2.60. The van der Waals surface area contributed by atoms with E-state index in [0.717, 1.165) is 0 Å². The third-order valence-electron chi connectivity index (χ3n) is 4.05. The lowest BCUT2D eigenvalue weighted by Gasteiger charge is -2.38. The van der Waals surface area contributed by atoms with E-state index < -0.39 is 42.6 Å². The highest BCUT2D eigenvalue weighted by Crippen LogP contribution is 2.32. The maximum absolute atomic E-state index is 11.3. The zero-order valence-electron chi connectivity index (χ0n) is 16.7. The number of aliphatic hydroxyl groups excluding tert-OH is 3. The molecule has 0 bridgehead atoms. The molecule has 1 heterocycles. The van der Waals surface area contributed by atoms with E-state index >= 15 is 0 Å². The van der Waals surface area contributed by atoms with Crippen molar-refractivity contribution in [3.8, 4) is 5.75 Å². The number of anilines is 1. The lowest BCUT2D eigenvalue weighted by molar-refractivity contribution is -0.271. The summed E-state index contributed by atoms with van der Waals surface area (Å²) in [6.07, 6.45) is -8.54. The van der Waals surface area contributed by atoms with Gasteiger partial charge in [-0.05, 0) is 38.5 Å². The number of carbonyl (C=O) groups excluding carboxylic acids is 1. The quantitative estimate of drug-likeness (QED) is 0.409. The normalized spacial score (nSPS) is 27.2. The van der Waals surface area contributed by atoms with Gasteiger partial charge < -0.3 is 40.0 Å². The SMILES string of the molecule is CC(=O)OCc1ccc(OC2OC(C(=O)O)C(O)C(O)C2O)c(NC(C)(C)C)c1. The van der Waals surface area contributed by atoms with Gasteiger partial charge >= 0.3 is 11.9 Å². The molecule has 162 valence electrons. The summed E-state index contributed by atoms with van der Waals surface area (Å²) in [5.41, 5.74) is 0.762. The maximum atomic E-state index is 11.3. The summed E-state index contributed by atoms with van der Waals surface area (Å²) in [5.74, 6) is -1.72. The fourth-order valence-corrected chi connectivity index (χ4v) is 2.73. The summed E-state index contributed by atoms with van der Waals surface area (Å²) in [6, 6.07) is 4.84. The number of hydrogen-bond acceptors (Lipinski definition) is 9. The summed E-state index contributed by atoms with van der Waals surface area (Å²) in [5, 5.41) is 42.3. The number of nitrogens with one attached hydrogen (secondary N) is 1. The van der Waals surface area contributed by atoms with Crippen LogP contribution in [0.4, 0.5) is 5.69 Å². The minimum absolute atomic E-state index is 0.0446. The van der Waals surface area contributed by atoms with Crippen molar-refractivity contribution in [2.45, 2.75) is 70.5 Å². The smallest absolute Gasteiger partial charge is 0.335 e. The molecule has 1 aromatic rings. The Morgan fingerprint density at radius 3 is 2.34 bits per heavy atom. The molecule has 10 heteroatoms. The standard InChI is InChI=1S/C19H27NO9/c1-9(21)27-8-10-5-6-12(11(7-10)20-19(2,3)4)28-18-15(24)13(22)14(23)16(29-18)17(25)26/h5-7,13-16,18,20,22-24H,8H2,1-4H3,(H,25,26). The van der Waals surface area contributed by atoms with Gasteiger partial charge in [0, 0.05) is 12.5 Å². The number of ether oxygens (including phenoxy) is 3. The second-order valence-corrected chi connectivity index (χ2v) is 7.84. The highest BCUT2D eigenvalue weighted by atomic mass is 16.7. The van der Waals surface area contributed by atoms with Gasteiger partial charge in [0.15, 0.2) is 6.10 Å². The number of carbonyl (C=O) groups is 2. The van der Waals surface area contributed by atoms with Crippen molar-refractivity contribution in [1.29, 1.82) is 0 Å². The fraction of sp³-hybridized carbons (Fsp3) is 0.579. The molecule has 0 spiro atoms. The number of aliphatic hydroxyl groups is 3. The summed E-state index contributed by atoms with van der Waals surface area (Å²) in [4.78, 5) is 22.3. The first-order chi connectivity index (χ1) is 13.4. The minimum Gasteiger partial charge on any atom is -0.479 e. The van der Waals surface area contributed by atoms with E-state index in [1.165, 1.54) is 13.0 Å². The monoisotopic (exact) mass is 413 g/mol. The van der Waals surface area contributed by atoms with E-state index in [4.69, 9.17) is 19.3 Å². The molecule has 5 atom stereocenters. The van der Waals surface area contributed by atoms with Crippen LogP contribution in [-0.4, -0.2) is 68.6 Å². The first kappa shape index (κ1) is 22.9. The lowest BCUT2D eigenvalue weighted by Crippen LogP contribution is -2.61. The van der Waals surface area contributed by atoms with E-state index in [1.54, 1.807) is 12.1 Å². The number of carboxylic acid groups (broad SMARTS) is 1. The van der Waals surface area contributed by atoms with Crippen LogP contribution in [-0.2, 0) is 25.7 Å². The van der Waals surface area contributed by atoms with Gasteiger partial charge in [-0.3, -0.25) is 4.79 Å². The molecule has 5 N–H and O–H groups in total. The molecule has 0 aliphatic carbocycles. The number of benzene rings is 1. The summed E-state index contributed by atoms with van der Waals surface area (Å²) in [6.45, 7) is 7.06. The van der Waals surface area contributed by atoms with Gasteiger partial charge in [0.25, 0.3) is 0 Å². The molecule has 5 unspecified atom stereocenters. The number of rotatable bonds is 6. The highest BCUT2D eigenvalue weighted by Gasteiger charge is 2.48. The summed E-state index contributed by atoms with van der Waals surface area (Å²) in [7, 11) is 0. The zero-order chi connectivity index (χ0) is 21.9. The van der Waals surface area contributed by atoms with Crippen LogP contribution in [0, 0.1) is 0 Å². The van der Waals surface area contributed by atoms with Crippen LogP contribution < -0.4 is 10.1 Å². The number of aliphatic carboxylic acids is 1. The highest BCUT2D eigenvalue weighted by molar-refractivity contribution is 5.73. The third-order valence-corrected chi connectivity index (χ3v) is 4.05. The predicted molar refractivity (Wildman–Crippen MR) is 100 cm³/mol. The Balaban J connectivity index is 2.29. The molecular formula is C19H27NO9. The molecule has 1 saturated heterocycles. The van der Waals surface area contributed by atoms with E-state index in [0.29, 0.717) is 11.3 Å². The lowest BCUT2D eigenvalue weighted by atomic mass is 9.99.